The van der Waals surface area contributed by atoms with E-state index in [9.17, 15) is 4.79 Å². The Morgan fingerprint density at radius 3 is 2.65 bits per heavy atom. The lowest BCUT2D eigenvalue weighted by Crippen LogP contribution is -2.52. The van der Waals surface area contributed by atoms with E-state index in [1.807, 2.05) is 12.1 Å². The number of rotatable bonds is 6. The molecule has 2 rings (SSSR count). The SMILES string of the molecule is Cc1cccc(CNC(=O)NCC(C(C)C)N2CCOCC2)c1. The highest BCUT2D eigenvalue weighted by Crippen LogP contribution is 2.12. The van der Waals surface area contributed by atoms with Crippen LogP contribution in [0.25, 0.3) is 0 Å². The van der Waals surface area contributed by atoms with Crippen molar-refractivity contribution in [2.75, 3.05) is 32.8 Å². The van der Waals surface area contributed by atoms with E-state index in [2.05, 4.69) is 48.4 Å². The molecule has 1 heterocycles. The van der Waals surface area contributed by atoms with Crippen LogP contribution in [0.4, 0.5) is 4.79 Å². The van der Waals surface area contributed by atoms with Crippen molar-refractivity contribution >= 4 is 6.03 Å². The van der Waals surface area contributed by atoms with Crippen molar-refractivity contribution in [1.82, 2.24) is 15.5 Å². The van der Waals surface area contributed by atoms with Crippen LogP contribution in [0.2, 0.25) is 0 Å². The third-order valence-electron chi connectivity index (χ3n) is 4.29. The average molecular weight is 319 g/mol. The third-order valence-corrected chi connectivity index (χ3v) is 4.29. The van der Waals surface area contributed by atoms with Crippen molar-refractivity contribution in [2.45, 2.75) is 33.4 Å². The van der Waals surface area contributed by atoms with E-state index in [-0.39, 0.29) is 6.03 Å². The van der Waals surface area contributed by atoms with Gasteiger partial charge >= 0.3 is 6.03 Å². The lowest BCUT2D eigenvalue weighted by atomic mass is 10.0. The van der Waals surface area contributed by atoms with Gasteiger partial charge in [-0.2, -0.15) is 0 Å². The lowest BCUT2D eigenvalue weighted by Gasteiger charge is -2.36. The van der Waals surface area contributed by atoms with E-state index in [1.165, 1.54) is 5.56 Å². The summed E-state index contributed by atoms with van der Waals surface area (Å²) in [6.07, 6.45) is 0. The summed E-state index contributed by atoms with van der Waals surface area (Å²) in [5.41, 5.74) is 2.32. The van der Waals surface area contributed by atoms with E-state index < -0.39 is 0 Å². The monoisotopic (exact) mass is 319 g/mol. The highest BCUT2D eigenvalue weighted by Gasteiger charge is 2.24. The predicted molar refractivity (Wildman–Crippen MR) is 92.4 cm³/mol. The highest BCUT2D eigenvalue weighted by molar-refractivity contribution is 5.73. The highest BCUT2D eigenvalue weighted by atomic mass is 16.5. The fraction of sp³-hybridized carbons (Fsp3) is 0.611. The molecule has 1 aromatic rings. The molecule has 5 nitrogen and oxygen atoms in total. The van der Waals surface area contributed by atoms with Crippen LogP contribution >= 0.6 is 0 Å². The smallest absolute Gasteiger partial charge is 0.315 e. The van der Waals surface area contributed by atoms with Crippen LogP contribution in [0.1, 0.15) is 25.0 Å². The van der Waals surface area contributed by atoms with E-state index in [4.69, 9.17) is 4.74 Å². The Kier molecular flexibility index (Phi) is 6.86. The maximum Gasteiger partial charge on any atom is 0.315 e. The number of nitrogens with one attached hydrogen (secondary N) is 2. The number of aryl methyl sites for hydroxylation is 1. The van der Waals surface area contributed by atoms with Gasteiger partial charge in [0, 0.05) is 32.2 Å². The van der Waals surface area contributed by atoms with Crippen LogP contribution in [-0.4, -0.2) is 49.8 Å². The molecule has 0 saturated carbocycles. The standard InChI is InChI=1S/C18H29N3O2/c1-14(2)17(21-7-9-23-10-8-21)13-20-18(22)19-12-16-6-4-5-15(3)11-16/h4-6,11,14,17H,7-10,12-13H2,1-3H3,(H2,19,20,22). The molecule has 1 saturated heterocycles. The number of ether oxygens (including phenoxy) is 1. The Hall–Kier alpha value is -1.59. The molecule has 5 heteroatoms. The zero-order valence-electron chi connectivity index (χ0n) is 14.5. The quantitative estimate of drug-likeness (QED) is 0.845. The number of hydrogen-bond acceptors (Lipinski definition) is 3. The van der Waals surface area contributed by atoms with Gasteiger partial charge in [0.2, 0.25) is 0 Å². The number of carbonyl (C=O) groups excluding carboxylic acids is 1. The van der Waals surface area contributed by atoms with Crippen molar-refractivity contribution in [2.24, 2.45) is 5.92 Å². The summed E-state index contributed by atoms with van der Waals surface area (Å²) in [6, 6.07) is 8.42. The van der Waals surface area contributed by atoms with Crippen molar-refractivity contribution in [3.8, 4) is 0 Å². The summed E-state index contributed by atoms with van der Waals surface area (Å²) in [4.78, 5) is 14.5. The summed E-state index contributed by atoms with van der Waals surface area (Å²) < 4.78 is 5.41. The van der Waals surface area contributed by atoms with Crippen LogP contribution < -0.4 is 10.6 Å². The minimum absolute atomic E-state index is 0.106. The van der Waals surface area contributed by atoms with Gasteiger partial charge in [-0.15, -0.1) is 0 Å². The van der Waals surface area contributed by atoms with E-state index in [0.29, 0.717) is 25.0 Å². The van der Waals surface area contributed by atoms with Gasteiger partial charge in [-0.25, -0.2) is 4.79 Å². The second kappa shape index (κ2) is 8.89. The van der Waals surface area contributed by atoms with Gasteiger partial charge in [0.15, 0.2) is 0 Å². The Bertz CT molecular complexity index is 499. The number of hydrogen-bond donors (Lipinski definition) is 2. The fourth-order valence-electron chi connectivity index (χ4n) is 2.96. The lowest BCUT2D eigenvalue weighted by molar-refractivity contribution is 0.00719. The van der Waals surface area contributed by atoms with Crippen LogP contribution in [0.5, 0.6) is 0 Å². The summed E-state index contributed by atoms with van der Waals surface area (Å²) >= 11 is 0. The molecule has 1 atom stereocenters. The Labute approximate surface area is 139 Å². The first-order valence-corrected chi connectivity index (χ1v) is 8.45. The Balaban J connectivity index is 1.77. The number of carbonyl (C=O) groups is 1. The summed E-state index contributed by atoms with van der Waals surface area (Å²) in [7, 11) is 0. The number of amides is 2. The van der Waals surface area contributed by atoms with Crippen molar-refractivity contribution in [1.29, 1.82) is 0 Å². The molecule has 128 valence electrons. The fourth-order valence-corrected chi connectivity index (χ4v) is 2.96. The molecule has 23 heavy (non-hydrogen) atoms. The number of morpholine rings is 1. The zero-order valence-corrected chi connectivity index (χ0v) is 14.5. The number of nitrogens with zero attached hydrogens (tertiary/aromatic N) is 1. The number of benzene rings is 1. The second-order valence-electron chi connectivity index (χ2n) is 6.51. The first-order valence-electron chi connectivity index (χ1n) is 8.45. The molecule has 0 spiro atoms. The molecule has 1 aliphatic rings. The summed E-state index contributed by atoms with van der Waals surface area (Å²) in [5.74, 6) is 0.491. The Morgan fingerprint density at radius 2 is 2.00 bits per heavy atom. The molecule has 0 aromatic heterocycles. The van der Waals surface area contributed by atoms with Crippen LogP contribution in [0, 0.1) is 12.8 Å². The molecule has 1 aliphatic heterocycles. The normalized spacial score (nSPS) is 17.0. The molecule has 0 radical (unpaired) electrons. The van der Waals surface area contributed by atoms with Gasteiger partial charge in [0.25, 0.3) is 0 Å². The van der Waals surface area contributed by atoms with E-state index in [0.717, 1.165) is 31.9 Å². The van der Waals surface area contributed by atoms with E-state index in [1.54, 1.807) is 0 Å². The largest absolute Gasteiger partial charge is 0.379 e. The van der Waals surface area contributed by atoms with Crippen LogP contribution in [0.15, 0.2) is 24.3 Å². The topological polar surface area (TPSA) is 53.6 Å². The first kappa shape index (κ1) is 17.8. The molecule has 1 fully saturated rings. The molecule has 2 N–H and O–H groups in total. The molecule has 1 aromatic carbocycles. The van der Waals surface area contributed by atoms with Gasteiger partial charge in [-0.05, 0) is 18.4 Å². The predicted octanol–water partition coefficient (Wildman–Crippen LogP) is 2.15. The van der Waals surface area contributed by atoms with Gasteiger partial charge < -0.3 is 15.4 Å². The zero-order chi connectivity index (χ0) is 16.7. The van der Waals surface area contributed by atoms with Gasteiger partial charge in [0.1, 0.15) is 0 Å². The Morgan fingerprint density at radius 1 is 1.26 bits per heavy atom. The molecular formula is C18H29N3O2. The number of urea groups is 1. The summed E-state index contributed by atoms with van der Waals surface area (Å²) in [5, 5.41) is 5.94. The van der Waals surface area contributed by atoms with Crippen molar-refractivity contribution in [3.05, 3.63) is 35.4 Å². The first-order chi connectivity index (χ1) is 11.1. The molecule has 0 aliphatic carbocycles. The van der Waals surface area contributed by atoms with Gasteiger partial charge in [-0.1, -0.05) is 43.7 Å². The van der Waals surface area contributed by atoms with E-state index >= 15 is 0 Å². The maximum atomic E-state index is 12.0. The maximum absolute atomic E-state index is 12.0. The average Bonchev–Trinajstić information content (AvgIpc) is 2.54. The van der Waals surface area contributed by atoms with Crippen molar-refractivity contribution in [3.63, 3.8) is 0 Å². The van der Waals surface area contributed by atoms with Gasteiger partial charge in [0.05, 0.1) is 13.2 Å². The summed E-state index contributed by atoms with van der Waals surface area (Å²) in [6.45, 7) is 11.1. The molecular weight excluding hydrogens is 290 g/mol. The van der Waals surface area contributed by atoms with Crippen LogP contribution in [0.3, 0.4) is 0 Å². The third kappa shape index (κ3) is 5.84. The minimum atomic E-state index is -0.106. The minimum Gasteiger partial charge on any atom is -0.379 e. The molecule has 1 unspecified atom stereocenters. The van der Waals surface area contributed by atoms with Gasteiger partial charge in [-0.3, -0.25) is 4.90 Å². The van der Waals surface area contributed by atoms with Crippen LogP contribution in [-0.2, 0) is 11.3 Å². The van der Waals surface area contributed by atoms with Crippen molar-refractivity contribution < 1.29 is 9.53 Å². The molecule has 0 bridgehead atoms. The second-order valence-corrected chi connectivity index (χ2v) is 6.51. The molecule has 2 amide bonds.